The molecule has 0 aliphatic heterocycles. The average molecular weight is 247 g/mol. The monoisotopic (exact) mass is 247 g/mol. The van der Waals surface area contributed by atoms with Gasteiger partial charge in [-0.2, -0.15) is 0 Å². The molecule has 1 aromatic carbocycles. The first-order chi connectivity index (χ1) is 8.42. The van der Waals surface area contributed by atoms with E-state index in [4.69, 9.17) is 0 Å². The van der Waals surface area contributed by atoms with Crippen molar-refractivity contribution in [3.63, 3.8) is 0 Å². The van der Waals surface area contributed by atoms with Gasteiger partial charge in [-0.05, 0) is 45.6 Å². The van der Waals surface area contributed by atoms with Gasteiger partial charge in [-0.25, -0.2) is 0 Å². The van der Waals surface area contributed by atoms with Crippen LogP contribution in [0.5, 0.6) is 0 Å². The molecule has 0 saturated carbocycles. The maximum absolute atomic E-state index is 3.65. The molecule has 102 valence electrons. The van der Waals surface area contributed by atoms with Crippen molar-refractivity contribution in [3.05, 3.63) is 35.4 Å². The second-order valence-electron chi connectivity index (χ2n) is 6.38. The van der Waals surface area contributed by atoms with Crippen molar-refractivity contribution in [1.29, 1.82) is 0 Å². The fourth-order valence-electron chi connectivity index (χ4n) is 2.19. The molecular formula is C17H29N. The lowest BCUT2D eigenvalue weighted by Crippen LogP contribution is -2.38. The minimum atomic E-state index is 0.203. The molecular weight excluding hydrogens is 218 g/mol. The lowest BCUT2D eigenvalue weighted by molar-refractivity contribution is 0.395. The van der Waals surface area contributed by atoms with Crippen molar-refractivity contribution in [1.82, 2.24) is 5.32 Å². The van der Waals surface area contributed by atoms with Gasteiger partial charge in [0.1, 0.15) is 0 Å². The van der Waals surface area contributed by atoms with Crippen LogP contribution in [0, 0.1) is 6.92 Å². The Bertz CT molecular complexity index is 349. The molecule has 1 unspecified atom stereocenters. The molecule has 1 aromatic rings. The molecule has 1 atom stereocenters. The average Bonchev–Trinajstić information content (AvgIpc) is 2.28. The van der Waals surface area contributed by atoms with E-state index in [0.29, 0.717) is 5.92 Å². The van der Waals surface area contributed by atoms with Crippen molar-refractivity contribution >= 4 is 0 Å². The molecule has 0 radical (unpaired) electrons. The van der Waals surface area contributed by atoms with Crippen molar-refractivity contribution in [3.8, 4) is 0 Å². The van der Waals surface area contributed by atoms with Crippen LogP contribution in [0.25, 0.3) is 0 Å². The maximum Gasteiger partial charge on any atom is 0.00967 e. The predicted octanol–water partition coefficient (Wildman–Crippen LogP) is 4.66. The Kier molecular flexibility index (Phi) is 5.87. The van der Waals surface area contributed by atoms with E-state index in [1.807, 2.05) is 0 Å². The Labute approximate surface area is 113 Å². The lowest BCUT2D eigenvalue weighted by Gasteiger charge is -2.26. The molecule has 1 N–H and O–H groups in total. The number of hydrogen-bond acceptors (Lipinski definition) is 1. The van der Waals surface area contributed by atoms with Gasteiger partial charge in [0.15, 0.2) is 0 Å². The summed E-state index contributed by atoms with van der Waals surface area (Å²) in [6.45, 7) is 12.2. The first-order valence-corrected chi connectivity index (χ1v) is 7.24. The SMILES string of the molecule is CCCCC(CNC(C)(C)C)c1cccc(C)c1. The van der Waals surface area contributed by atoms with Crippen LogP contribution in [0.2, 0.25) is 0 Å². The summed E-state index contributed by atoms with van der Waals surface area (Å²) in [5.41, 5.74) is 3.05. The Balaban J connectivity index is 2.71. The van der Waals surface area contributed by atoms with Crippen LogP contribution in [0.3, 0.4) is 0 Å². The molecule has 0 aromatic heterocycles. The summed E-state index contributed by atoms with van der Waals surface area (Å²) in [5.74, 6) is 0.643. The minimum absolute atomic E-state index is 0.203. The Hall–Kier alpha value is -0.820. The lowest BCUT2D eigenvalue weighted by atomic mass is 9.91. The largest absolute Gasteiger partial charge is 0.311 e. The molecule has 0 fully saturated rings. The van der Waals surface area contributed by atoms with Gasteiger partial charge >= 0.3 is 0 Å². The molecule has 0 aliphatic carbocycles. The molecule has 1 nitrogen and oxygen atoms in total. The summed E-state index contributed by atoms with van der Waals surface area (Å²) in [6, 6.07) is 8.97. The van der Waals surface area contributed by atoms with E-state index in [-0.39, 0.29) is 5.54 Å². The van der Waals surface area contributed by atoms with Crippen LogP contribution in [0.1, 0.15) is 64.0 Å². The van der Waals surface area contributed by atoms with Gasteiger partial charge in [0, 0.05) is 12.1 Å². The quantitative estimate of drug-likeness (QED) is 0.771. The summed E-state index contributed by atoms with van der Waals surface area (Å²) in [7, 11) is 0. The first-order valence-electron chi connectivity index (χ1n) is 7.24. The molecule has 0 saturated heterocycles. The van der Waals surface area contributed by atoms with Gasteiger partial charge in [-0.15, -0.1) is 0 Å². The van der Waals surface area contributed by atoms with Crippen LogP contribution in [0.15, 0.2) is 24.3 Å². The van der Waals surface area contributed by atoms with Gasteiger partial charge in [0.25, 0.3) is 0 Å². The zero-order valence-corrected chi connectivity index (χ0v) is 12.7. The van der Waals surface area contributed by atoms with Gasteiger partial charge in [0.2, 0.25) is 0 Å². The molecule has 0 spiro atoms. The number of hydrogen-bond donors (Lipinski definition) is 1. The third kappa shape index (κ3) is 5.68. The zero-order chi connectivity index (χ0) is 13.6. The Morgan fingerprint density at radius 2 is 1.94 bits per heavy atom. The summed E-state index contributed by atoms with van der Waals surface area (Å²) in [5, 5.41) is 3.65. The van der Waals surface area contributed by atoms with Crippen molar-refractivity contribution in [2.45, 2.75) is 65.3 Å². The van der Waals surface area contributed by atoms with Crippen LogP contribution in [0.4, 0.5) is 0 Å². The van der Waals surface area contributed by atoms with E-state index >= 15 is 0 Å². The predicted molar refractivity (Wildman–Crippen MR) is 81.2 cm³/mol. The molecule has 1 heteroatoms. The molecule has 0 amide bonds. The Morgan fingerprint density at radius 1 is 1.22 bits per heavy atom. The maximum atomic E-state index is 3.65. The topological polar surface area (TPSA) is 12.0 Å². The zero-order valence-electron chi connectivity index (χ0n) is 12.7. The fraction of sp³-hybridized carbons (Fsp3) is 0.647. The minimum Gasteiger partial charge on any atom is -0.311 e. The summed E-state index contributed by atoms with van der Waals surface area (Å²) < 4.78 is 0. The van der Waals surface area contributed by atoms with E-state index in [0.717, 1.165) is 6.54 Å². The highest BCUT2D eigenvalue weighted by Gasteiger charge is 2.15. The van der Waals surface area contributed by atoms with E-state index in [1.54, 1.807) is 0 Å². The highest BCUT2D eigenvalue weighted by atomic mass is 14.9. The summed E-state index contributed by atoms with van der Waals surface area (Å²) in [4.78, 5) is 0. The van der Waals surface area contributed by atoms with Crippen molar-refractivity contribution < 1.29 is 0 Å². The summed E-state index contributed by atoms with van der Waals surface area (Å²) in [6.07, 6.45) is 3.87. The van der Waals surface area contributed by atoms with Crippen LogP contribution >= 0.6 is 0 Å². The van der Waals surface area contributed by atoms with Crippen LogP contribution in [-0.2, 0) is 0 Å². The second-order valence-corrected chi connectivity index (χ2v) is 6.38. The first kappa shape index (κ1) is 15.2. The fourth-order valence-corrected chi connectivity index (χ4v) is 2.19. The standard InChI is InChI=1S/C17H29N/c1-6-7-10-16(13-18-17(3,4)5)15-11-8-9-14(2)12-15/h8-9,11-12,16,18H,6-7,10,13H2,1-5H3. The van der Waals surface area contributed by atoms with E-state index in [1.165, 1.54) is 30.4 Å². The van der Waals surface area contributed by atoms with Crippen LogP contribution < -0.4 is 5.32 Å². The molecule has 0 bridgehead atoms. The van der Waals surface area contributed by atoms with Crippen molar-refractivity contribution in [2.24, 2.45) is 0 Å². The number of aryl methyl sites for hydroxylation is 1. The van der Waals surface area contributed by atoms with Gasteiger partial charge in [-0.3, -0.25) is 0 Å². The smallest absolute Gasteiger partial charge is 0.00967 e. The molecule has 1 rings (SSSR count). The van der Waals surface area contributed by atoms with Gasteiger partial charge in [-0.1, -0.05) is 49.6 Å². The van der Waals surface area contributed by atoms with Gasteiger partial charge in [0.05, 0.1) is 0 Å². The van der Waals surface area contributed by atoms with E-state index in [9.17, 15) is 0 Å². The van der Waals surface area contributed by atoms with E-state index < -0.39 is 0 Å². The number of benzene rings is 1. The van der Waals surface area contributed by atoms with Crippen molar-refractivity contribution in [2.75, 3.05) is 6.54 Å². The third-order valence-corrected chi connectivity index (χ3v) is 3.30. The normalized spacial score (nSPS) is 13.6. The van der Waals surface area contributed by atoms with Crippen LogP contribution in [-0.4, -0.2) is 12.1 Å². The summed E-state index contributed by atoms with van der Waals surface area (Å²) >= 11 is 0. The highest BCUT2D eigenvalue weighted by Crippen LogP contribution is 2.23. The second kappa shape index (κ2) is 6.94. The van der Waals surface area contributed by atoms with E-state index in [2.05, 4.69) is 64.2 Å². The molecule has 0 aliphatic rings. The number of rotatable bonds is 6. The number of nitrogens with one attached hydrogen (secondary N) is 1. The molecule has 0 heterocycles. The third-order valence-electron chi connectivity index (χ3n) is 3.30. The van der Waals surface area contributed by atoms with Gasteiger partial charge < -0.3 is 5.32 Å². The number of unbranched alkanes of at least 4 members (excludes halogenated alkanes) is 1. The highest BCUT2D eigenvalue weighted by molar-refractivity contribution is 5.25. The Morgan fingerprint density at radius 3 is 2.50 bits per heavy atom. The molecule has 18 heavy (non-hydrogen) atoms.